The molecule has 38 heavy (non-hydrogen) atoms. The van der Waals surface area contributed by atoms with Gasteiger partial charge in [-0.25, -0.2) is 14.4 Å². The van der Waals surface area contributed by atoms with Crippen LogP contribution in [-0.4, -0.2) is 37.0 Å². The molecule has 0 saturated heterocycles. The van der Waals surface area contributed by atoms with Crippen molar-refractivity contribution in [2.75, 3.05) is 10.6 Å². The number of aromatic nitrogens is 5. The van der Waals surface area contributed by atoms with Crippen LogP contribution in [0.1, 0.15) is 35.6 Å². The van der Waals surface area contributed by atoms with E-state index in [4.69, 9.17) is 4.52 Å². The second-order valence-electron chi connectivity index (χ2n) is 9.28. The van der Waals surface area contributed by atoms with Crippen LogP contribution in [0.5, 0.6) is 0 Å². The summed E-state index contributed by atoms with van der Waals surface area (Å²) in [7, 11) is 1.84. The minimum atomic E-state index is -4.46. The Labute approximate surface area is 214 Å². The molecule has 0 spiro atoms. The van der Waals surface area contributed by atoms with E-state index in [-0.39, 0.29) is 36.4 Å². The highest BCUT2D eigenvalue weighted by molar-refractivity contribution is 5.91. The van der Waals surface area contributed by atoms with E-state index in [0.717, 1.165) is 23.1 Å². The van der Waals surface area contributed by atoms with Gasteiger partial charge in [0, 0.05) is 31.1 Å². The van der Waals surface area contributed by atoms with Crippen LogP contribution in [0.25, 0.3) is 11.1 Å². The summed E-state index contributed by atoms with van der Waals surface area (Å²) in [6.07, 6.45) is -1.89. The van der Waals surface area contributed by atoms with Gasteiger partial charge in [-0.15, -0.1) is 0 Å². The molecule has 1 aromatic carbocycles. The summed E-state index contributed by atoms with van der Waals surface area (Å²) in [5.74, 6) is -1.41. The lowest BCUT2D eigenvalue weighted by molar-refractivity contribution is -0.165. The number of aryl methyl sites for hydroxylation is 2. The molecule has 0 bridgehead atoms. The van der Waals surface area contributed by atoms with Gasteiger partial charge in [0.25, 0.3) is 0 Å². The molecular weight excluding hydrogens is 506 g/mol. The first-order valence-corrected chi connectivity index (χ1v) is 11.7. The van der Waals surface area contributed by atoms with Gasteiger partial charge >= 0.3 is 6.18 Å². The Kier molecular flexibility index (Phi) is 6.16. The molecule has 1 amide bonds. The van der Waals surface area contributed by atoms with Gasteiger partial charge in [0.2, 0.25) is 11.9 Å². The van der Waals surface area contributed by atoms with Crippen molar-refractivity contribution in [3.05, 3.63) is 65.2 Å². The molecule has 198 valence electrons. The molecule has 13 heteroatoms. The summed E-state index contributed by atoms with van der Waals surface area (Å²) in [5.41, 5.74) is 1.67. The Morgan fingerprint density at radius 2 is 1.84 bits per heavy atom. The molecule has 2 N–H and O–H groups in total. The van der Waals surface area contributed by atoms with E-state index in [9.17, 15) is 22.4 Å². The molecule has 1 aliphatic rings. The summed E-state index contributed by atoms with van der Waals surface area (Å²) >= 11 is 0. The molecular formula is C25H23F4N7O2. The highest BCUT2D eigenvalue weighted by atomic mass is 19.4. The number of hydrogen-bond donors (Lipinski definition) is 2. The van der Waals surface area contributed by atoms with Gasteiger partial charge in [0.15, 0.2) is 11.6 Å². The van der Waals surface area contributed by atoms with Crippen LogP contribution in [0.4, 0.5) is 35.0 Å². The number of rotatable bonds is 7. The molecule has 3 aromatic heterocycles. The average Bonchev–Trinajstić information content (AvgIpc) is 3.51. The van der Waals surface area contributed by atoms with E-state index in [1.165, 1.54) is 12.1 Å². The zero-order valence-electron chi connectivity index (χ0n) is 20.6. The number of nitrogens with zero attached hydrogens (tertiary/aromatic N) is 5. The summed E-state index contributed by atoms with van der Waals surface area (Å²) in [6, 6.07) is 5.41. The van der Waals surface area contributed by atoms with Crippen LogP contribution >= 0.6 is 0 Å². The smallest absolute Gasteiger partial charge is 0.358 e. The van der Waals surface area contributed by atoms with Crippen LogP contribution < -0.4 is 10.6 Å². The molecule has 0 unspecified atom stereocenters. The molecule has 1 saturated carbocycles. The van der Waals surface area contributed by atoms with Gasteiger partial charge in [-0.1, -0.05) is 17.3 Å². The molecule has 0 radical (unpaired) electrons. The Balaban J connectivity index is 1.23. The maximum atomic E-state index is 14.8. The van der Waals surface area contributed by atoms with Crippen molar-refractivity contribution in [1.82, 2.24) is 24.9 Å². The fraction of sp³-hybridized carbons (Fsp3) is 0.320. The third kappa shape index (κ3) is 4.71. The van der Waals surface area contributed by atoms with Crippen LogP contribution in [0.3, 0.4) is 0 Å². The van der Waals surface area contributed by atoms with Crippen molar-refractivity contribution in [2.45, 2.75) is 44.7 Å². The normalized spacial score (nSPS) is 14.4. The molecule has 9 nitrogen and oxygen atoms in total. The van der Waals surface area contributed by atoms with Crippen molar-refractivity contribution in [3.8, 4) is 11.1 Å². The van der Waals surface area contributed by atoms with Gasteiger partial charge in [-0.2, -0.15) is 18.3 Å². The number of nitrogens with one attached hydrogen (secondary N) is 2. The first-order chi connectivity index (χ1) is 18.0. The minimum Gasteiger partial charge on any atom is -0.358 e. The predicted octanol–water partition coefficient (Wildman–Crippen LogP) is 5.14. The first kappa shape index (κ1) is 25.4. The van der Waals surface area contributed by atoms with Crippen LogP contribution in [0, 0.1) is 19.7 Å². The third-order valence-electron chi connectivity index (χ3n) is 6.68. The fourth-order valence-electron chi connectivity index (χ4n) is 4.19. The predicted molar refractivity (Wildman–Crippen MR) is 129 cm³/mol. The summed E-state index contributed by atoms with van der Waals surface area (Å²) in [4.78, 5) is 21.0. The number of benzene rings is 1. The Morgan fingerprint density at radius 1 is 1.13 bits per heavy atom. The molecule has 5 rings (SSSR count). The molecule has 0 aliphatic heterocycles. The van der Waals surface area contributed by atoms with E-state index in [1.54, 1.807) is 23.1 Å². The monoisotopic (exact) mass is 529 g/mol. The Morgan fingerprint density at radius 3 is 2.42 bits per heavy atom. The molecule has 1 fully saturated rings. The summed E-state index contributed by atoms with van der Waals surface area (Å²) < 4.78 is 61.1. The topological polar surface area (TPSA) is 111 Å². The van der Waals surface area contributed by atoms with Crippen LogP contribution in [0.15, 0.2) is 41.2 Å². The second-order valence-corrected chi connectivity index (χ2v) is 9.28. The van der Waals surface area contributed by atoms with Crippen molar-refractivity contribution in [3.63, 3.8) is 0 Å². The summed E-state index contributed by atoms with van der Waals surface area (Å²) in [5, 5.41) is 13.3. The Bertz CT molecular complexity index is 1510. The number of hydrogen-bond acceptors (Lipinski definition) is 7. The zero-order valence-corrected chi connectivity index (χ0v) is 20.6. The van der Waals surface area contributed by atoms with Crippen LogP contribution in [-0.2, 0) is 23.7 Å². The lowest BCUT2D eigenvalue weighted by atomic mass is 10.0. The van der Waals surface area contributed by atoms with E-state index in [2.05, 4.69) is 30.9 Å². The van der Waals surface area contributed by atoms with Crippen molar-refractivity contribution in [2.24, 2.45) is 7.05 Å². The van der Waals surface area contributed by atoms with Gasteiger partial charge in [0.05, 0.1) is 23.5 Å². The van der Waals surface area contributed by atoms with E-state index < -0.39 is 23.3 Å². The SMILES string of the molecule is Cc1nn(C)c(C)c1Nc1ncc(-c2ccc(CC(=O)Nc3cc(C4(C(F)(F)F)CC4)on3)c(F)c2)cn1. The second kappa shape index (κ2) is 9.23. The van der Waals surface area contributed by atoms with Crippen LogP contribution in [0.2, 0.25) is 0 Å². The van der Waals surface area contributed by atoms with Gasteiger partial charge < -0.3 is 15.2 Å². The minimum absolute atomic E-state index is 0.0925. The standard InChI is InChI=1S/C25H23F4N7O2/c1-13-22(14(2)36(3)34-13)33-23-30-11-17(12-31-23)15-4-5-16(18(26)8-15)9-21(37)32-20-10-19(38-35-20)24(6-7-24)25(27,28)29/h4-5,8,10-12H,6-7,9H2,1-3H3,(H,30,31,33)(H,32,35,37). The zero-order chi connectivity index (χ0) is 27.2. The highest BCUT2D eigenvalue weighted by Gasteiger charge is 2.66. The van der Waals surface area contributed by atoms with Gasteiger partial charge in [-0.05, 0) is 43.9 Å². The van der Waals surface area contributed by atoms with Crippen molar-refractivity contribution in [1.29, 1.82) is 0 Å². The number of carbonyl (C=O) groups excluding carboxylic acids is 1. The summed E-state index contributed by atoms with van der Waals surface area (Å²) in [6.45, 7) is 3.79. The van der Waals surface area contributed by atoms with E-state index in [0.29, 0.717) is 17.1 Å². The fourth-order valence-corrected chi connectivity index (χ4v) is 4.19. The largest absolute Gasteiger partial charge is 0.401 e. The van der Waals surface area contributed by atoms with E-state index >= 15 is 0 Å². The molecule has 0 atom stereocenters. The number of carbonyl (C=O) groups is 1. The van der Waals surface area contributed by atoms with Crippen molar-refractivity contribution < 1.29 is 26.9 Å². The highest BCUT2D eigenvalue weighted by Crippen LogP contribution is 2.59. The molecule has 3 heterocycles. The molecule has 4 aromatic rings. The maximum absolute atomic E-state index is 14.8. The lowest BCUT2D eigenvalue weighted by Crippen LogP contribution is -2.28. The number of alkyl halides is 3. The quantitative estimate of drug-likeness (QED) is 0.319. The Hall–Kier alpha value is -4.29. The maximum Gasteiger partial charge on any atom is 0.401 e. The third-order valence-corrected chi connectivity index (χ3v) is 6.68. The number of anilines is 3. The van der Waals surface area contributed by atoms with Gasteiger partial charge in [0.1, 0.15) is 11.2 Å². The van der Waals surface area contributed by atoms with Crippen molar-refractivity contribution >= 4 is 23.4 Å². The first-order valence-electron chi connectivity index (χ1n) is 11.7. The molecule has 1 aliphatic carbocycles. The number of amides is 1. The lowest BCUT2D eigenvalue weighted by Gasteiger charge is -2.14. The van der Waals surface area contributed by atoms with Gasteiger partial charge in [-0.3, -0.25) is 9.48 Å². The average molecular weight is 529 g/mol. The van der Waals surface area contributed by atoms with E-state index in [1.807, 2.05) is 20.9 Å². The number of halogens is 4.